The number of hydrogen-bond acceptors (Lipinski definition) is 1. The van der Waals surface area contributed by atoms with Gasteiger partial charge < -0.3 is 5.41 Å². The molecule has 1 aromatic carbocycles. The van der Waals surface area contributed by atoms with Crippen molar-refractivity contribution in [3.8, 4) is 0 Å². The van der Waals surface area contributed by atoms with Crippen molar-refractivity contribution in [2.45, 2.75) is 13.8 Å². The summed E-state index contributed by atoms with van der Waals surface area (Å²) in [6, 6.07) is 2.57. The minimum Gasteiger partial charge on any atom is -0.305 e. The summed E-state index contributed by atoms with van der Waals surface area (Å²) in [5.41, 5.74) is 0.693. The van der Waals surface area contributed by atoms with E-state index >= 15 is 0 Å². The van der Waals surface area contributed by atoms with Gasteiger partial charge in [-0.05, 0) is 31.5 Å². The largest absolute Gasteiger partial charge is 0.305 e. The monoisotopic (exact) mass is 169 g/mol. The summed E-state index contributed by atoms with van der Waals surface area (Å²) in [4.78, 5) is 0. The number of rotatable bonds is 1. The van der Waals surface area contributed by atoms with Gasteiger partial charge in [0.2, 0.25) is 0 Å². The average Bonchev–Trinajstić information content (AvgIpc) is 1.96. The van der Waals surface area contributed by atoms with Crippen LogP contribution in [0.3, 0.4) is 0 Å². The molecular formula is C9H9F2N. The van der Waals surface area contributed by atoms with Crippen LogP contribution in [-0.2, 0) is 0 Å². The minimum absolute atomic E-state index is 0.0347. The van der Waals surface area contributed by atoms with Gasteiger partial charge in [-0.25, -0.2) is 8.78 Å². The third-order valence-corrected chi connectivity index (χ3v) is 1.58. The third-order valence-electron chi connectivity index (χ3n) is 1.58. The van der Waals surface area contributed by atoms with E-state index in [-0.39, 0.29) is 11.3 Å². The van der Waals surface area contributed by atoms with Crippen LogP contribution in [0.4, 0.5) is 8.78 Å². The van der Waals surface area contributed by atoms with Gasteiger partial charge in [-0.2, -0.15) is 0 Å². The van der Waals surface area contributed by atoms with Crippen LogP contribution in [0, 0.1) is 24.0 Å². The molecule has 0 aromatic heterocycles. The highest BCUT2D eigenvalue weighted by Gasteiger charge is 2.10. The Morgan fingerprint density at radius 3 is 2.42 bits per heavy atom. The predicted octanol–water partition coefficient (Wildman–Crippen LogP) is 2.66. The first-order valence-electron chi connectivity index (χ1n) is 3.53. The van der Waals surface area contributed by atoms with Crippen molar-refractivity contribution in [2.24, 2.45) is 0 Å². The van der Waals surface area contributed by atoms with Crippen LogP contribution in [0.15, 0.2) is 12.1 Å². The van der Waals surface area contributed by atoms with Gasteiger partial charge in [0.1, 0.15) is 0 Å². The highest BCUT2D eigenvalue weighted by molar-refractivity contribution is 5.96. The maximum atomic E-state index is 12.9. The van der Waals surface area contributed by atoms with Crippen LogP contribution < -0.4 is 0 Å². The lowest BCUT2D eigenvalue weighted by Gasteiger charge is -2.02. The van der Waals surface area contributed by atoms with E-state index in [0.29, 0.717) is 5.56 Å². The van der Waals surface area contributed by atoms with E-state index in [1.54, 1.807) is 6.92 Å². The molecule has 0 amide bonds. The summed E-state index contributed by atoms with van der Waals surface area (Å²) in [5.74, 6) is -1.83. The van der Waals surface area contributed by atoms with E-state index in [2.05, 4.69) is 0 Å². The van der Waals surface area contributed by atoms with Crippen LogP contribution >= 0.6 is 0 Å². The topological polar surface area (TPSA) is 23.9 Å². The first kappa shape index (κ1) is 8.84. The van der Waals surface area contributed by atoms with E-state index in [0.717, 1.165) is 6.07 Å². The van der Waals surface area contributed by atoms with E-state index in [1.165, 1.54) is 13.0 Å². The molecule has 1 rings (SSSR count). The Morgan fingerprint density at radius 1 is 1.33 bits per heavy atom. The van der Waals surface area contributed by atoms with Crippen LogP contribution in [0.25, 0.3) is 0 Å². The van der Waals surface area contributed by atoms with E-state index < -0.39 is 11.6 Å². The van der Waals surface area contributed by atoms with Gasteiger partial charge in [-0.1, -0.05) is 0 Å². The molecule has 0 bridgehead atoms. The fourth-order valence-corrected chi connectivity index (χ4v) is 0.997. The second kappa shape index (κ2) is 3.01. The van der Waals surface area contributed by atoms with Crippen molar-refractivity contribution in [3.63, 3.8) is 0 Å². The van der Waals surface area contributed by atoms with E-state index in [4.69, 9.17) is 5.41 Å². The highest BCUT2D eigenvalue weighted by atomic mass is 19.2. The first-order chi connectivity index (χ1) is 5.52. The lowest BCUT2D eigenvalue weighted by atomic mass is 10.1. The Kier molecular flexibility index (Phi) is 2.22. The number of halogens is 2. The lowest BCUT2D eigenvalue weighted by Crippen LogP contribution is -2.00. The molecule has 0 saturated carbocycles. The normalized spacial score (nSPS) is 10.0. The standard InChI is InChI=1S/C9H9F2N/c1-5-3-7(6(2)12)9(11)8(10)4-5/h3-4,12H,1-2H3. The molecule has 0 heterocycles. The lowest BCUT2D eigenvalue weighted by molar-refractivity contribution is 0.506. The zero-order chi connectivity index (χ0) is 9.30. The smallest absolute Gasteiger partial charge is 0.167 e. The van der Waals surface area contributed by atoms with Gasteiger partial charge >= 0.3 is 0 Å². The molecule has 0 spiro atoms. The molecule has 1 nitrogen and oxygen atoms in total. The number of hydrogen-bond donors (Lipinski definition) is 1. The van der Waals surface area contributed by atoms with Gasteiger partial charge in [-0.3, -0.25) is 0 Å². The Balaban J connectivity index is 3.37. The minimum atomic E-state index is -0.937. The van der Waals surface area contributed by atoms with Crippen LogP contribution in [0.2, 0.25) is 0 Å². The maximum absolute atomic E-state index is 12.9. The summed E-state index contributed by atoms with van der Waals surface area (Å²) < 4.78 is 25.6. The summed E-state index contributed by atoms with van der Waals surface area (Å²) in [7, 11) is 0. The van der Waals surface area contributed by atoms with Gasteiger partial charge in [0, 0.05) is 11.3 Å². The Morgan fingerprint density at radius 2 is 1.92 bits per heavy atom. The highest BCUT2D eigenvalue weighted by Crippen LogP contribution is 2.14. The molecule has 3 heteroatoms. The predicted molar refractivity (Wildman–Crippen MR) is 43.6 cm³/mol. The number of aryl methyl sites for hydroxylation is 1. The van der Waals surface area contributed by atoms with Crippen molar-refractivity contribution in [1.82, 2.24) is 0 Å². The molecule has 0 aliphatic carbocycles. The van der Waals surface area contributed by atoms with Gasteiger partial charge in [0.15, 0.2) is 11.6 Å². The molecule has 0 fully saturated rings. The average molecular weight is 169 g/mol. The molecule has 0 saturated heterocycles. The van der Waals surface area contributed by atoms with Crippen molar-refractivity contribution in [1.29, 1.82) is 5.41 Å². The molecule has 0 unspecified atom stereocenters. The van der Waals surface area contributed by atoms with Crippen molar-refractivity contribution >= 4 is 5.71 Å². The molecule has 12 heavy (non-hydrogen) atoms. The van der Waals surface area contributed by atoms with Gasteiger partial charge in [0.25, 0.3) is 0 Å². The van der Waals surface area contributed by atoms with Crippen LogP contribution in [-0.4, -0.2) is 5.71 Å². The fourth-order valence-electron chi connectivity index (χ4n) is 0.997. The fraction of sp³-hybridized carbons (Fsp3) is 0.222. The number of nitrogens with one attached hydrogen (secondary N) is 1. The summed E-state index contributed by atoms with van der Waals surface area (Å²) >= 11 is 0. The summed E-state index contributed by atoms with van der Waals surface area (Å²) in [5, 5.41) is 7.16. The van der Waals surface area contributed by atoms with Crippen molar-refractivity contribution < 1.29 is 8.78 Å². The van der Waals surface area contributed by atoms with Crippen LogP contribution in [0.5, 0.6) is 0 Å². The molecule has 1 aromatic rings. The second-order valence-corrected chi connectivity index (χ2v) is 2.73. The van der Waals surface area contributed by atoms with E-state index in [1.807, 2.05) is 0 Å². The molecule has 64 valence electrons. The van der Waals surface area contributed by atoms with Crippen LogP contribution in [0.1, 0.15) is 18.1 Å². The quantitative estimate of drug-likeness (QED) is 0.625. The van der Waals surface area contributed by atoms with Gasteiger partial charge in [-0.15, -0.1) is 0 Å². The van der Waals surface area contributed by atoms with Crippen molar-refractivity contribution in [3.05, 3.63) is 34.9 Å². The SMILES string of the molecule is CC(=N)c1cc(C)cc(F)c1F. The summed E-state index contributed by atoms with van der Waals surface area (Å²) in [6.45, 7) is 3.09. The molecular weight excluding hydrogens is 160 g/mol. The van der Waals surface area contributed by atoms with Gasteiger partial charge in [0.05, 0.1) is 0 Å². The second-order valence-electron chi connectivity index (χ2n) is 2.73. The number of benzene rings is 1. The summed E-state index contributed by atoms with van der Waals surface area (Å²) in [6.07, 6.45) is 0. The third kappa shape index (κ3) is 1.49. The Bertz CT molecular complexity index is 332. The molecule has 0 aliphatic heterocycles. The zero-order valence-electron chi connectivity index (χ0n) is 6.91. The Labute approximate surface area is 69.5 Å². The maximum Gasteiger partial charge on any atom is 0.167 e. The molecule has 0 radical (unpaired) electrons. The van der Waals surface area contributed by atoms with E-state index in [9.17, 15) is 8.78 Å². The molecule has 0 aliphatic rings. The van der Waals surface area contributed by atoms with Crippen molar-refractivity contribution in [2.75, 3.05) is 0 Å². The first-order valence-corrected chi connectivity index (χ1v) is 3.53. The zero-order valence-corrected chi connectivity index (χ0v) is 6.91. The Hall–Kier alpha value is -1.25. The molecule has 0 atom stereocenters. The molecule has 1 N–H and O–H groups in total.